The van der Waals surface area contributed by atoms with Gasteiger partial charge in [-0.05, 0) is 52.4 Å². The number of tetrazole rings is 1. The summed E-state index contributed by atoms with van der Waals surface area (Å²) in [6, 6.07) is 18.3. The molecule has 2 N–H and O–H groups in total. The predicted molar refractivity (Wildman–Crippen MR) is 151 cm³/mol. The summed E-state index contributed by atoms with van der Waals surface area (Å²) in [5, 5.41) is 24.5. The van der Waals surface area contributed by atoms with Crippen LogP contribution in [0.4, 0.5) is 0 Å². The Balaban J connectivity index is 1.70. The lowest BCUT2D eigenvalue weighted by atomic mass is 9.94. The number of benzene rings is 2. The molecule has 2 aromatic carbocycles. The molecule has 4 rings (SSSR count). The number of aromatic amines is 1. The highest BCUT2D eigenvalue weighted by atomic mass is 16.5. The summed E-state index contributed by atoms with van der Waals surface area (Å²) in [4.78, 5) is 31.2. The molecule has 0 radical (unpaired) electrons. The molecule has 0 bridgehead atoms. The number of rotatable bonds is 12. The SMILES string of the molecule is CCCCC(=O)N(Cc1ccc(-c2cc(-c3cccc(OC)n3)ccc2-c2nn[nH]n2)cc1)[C@H](C(=O)O)C(C)C. The number of nitrogens with zero attached hydrogens (tertiary/aromatic N) is 5. The fourth-order valence-electron chi connectivity index (χ4n) is 4.68. The molecule has 40 heavy (non-hydrogen) atoms. The summed E-state index contributed by atoms with van der Waals surface area (Å²) < 4.78 is 5.30. The fourth-order valence-corrected chi connectivity index (χ4v) is 4.68. The zero-order valence-corrected chi connectivity index (χ0v) is 23.2. The Labute approximate surface area is 233 Å². The summed E-state index contributed by atoms with van der Waals surface area (Å²) >= 11 is 0. The number of nitrogens with one attached hydrogen (secondary N) is 1. The van der Waals surface area contributed by atoms with Gasteiger partial charge in [-0.3, -0.25) is 4.79 Å². The maximum Gasteiger partial charge on any atom is 0.326 e. The second-order valence-electron chi connectivity index (χ2n) is 9.91. The molecule has 10 heteroatoms. The van der Waals surface area contributed by atoms with Crippen LogP contribution in [0.15, 0.2) is 60.7 Å². The maximum absolute atomic E-state index is 13.1. The Kier molecular flexibility index (Phi) is 9.21. The van der Waals surface area contributed by atoms with Gasteiger partial charge in [0.15, 0.2) is 0 Å². The summed E-state index contributed by atoms with van der Waals surface area (Å²) in [5.74, 6) is -0.398. The first-order valence-corrected chi connectivity index (χ1v) is 13.3. The van der Waals surface area contributed by atoms with Gasteiger partial charge in [0.1, 0.15) is 6.04 Å². The molecule has 208 valence electrons. The van der Waals surface area contributed by atoms with Crippen molar-refractivity contribution < 1.29 is 19.4 Å². The Morgan fingerprint density at radius 1 is 1.02 bits per heavy atom. The van der Waals surface area contributed by atoms with Crippen LogP contribution in [0.5, 0.6) is 5.88 Å². The molecule has 2 heterocycles. The van der Waals surface area contributed by atoms with E-state index in [1.165, 1.54) is 4.90 Å². The van der Waals surface area contributed by atoms with Crippen molar-refractivity contribution in [3.8, 4) is 39.7 Å². The van der Waals surface area contributed by atoms with Gasteiger partial charge < -0.3 is 14.7 Å². The van der Waals surface area contributed by atoms with Crippen molar-refractivity contribution >= 4 is 11.9 Å². The molecule has 0 fully saturated rings. The van der Waals surface area contributed by atoms with Crippen LogP contribution in [0.3, 0.4) is 0 Å². The normalized spacial score (nSPS) is 11.8. The Morgan fingerprint density at radius 3 is 2.40 bits per heavy atom. The van der Waals surface area contributed by atoms with Crippen molar-refractivity contribution in [3.05, 3.63) is 66.2 Å². The van der Waals surface area contributed by atoms with E-state index in [4.69, 9.17) is 4.74 Å². The van der Waals surface area contributed by atoms with Gasteiger partial charge in [0.25, 0.3) is 0 Å². The number of ether oxygens (including phenoxy) is 1. The van der Waals surface area contributed by atoms with E-state index in [-0.39, 0.29) is 18.4 Å². The zero-order chi connectivity index (χ0) is 28.6. The van der Waals surface area contributed by atoms with Crippen LogP contribution < -0.4 is 4.74 Å². The average molecular weight is 543 g/mol. The molecule has 0 aliphatic heterocycles. The number of carbonyl (C=O) groups is 2. The molecule has 0 saturated carbocycles. The Bertz CT molecular complexity index is 1440. The van der Waals surface area contributed by atoms with Gasteiger partial charge >= 0.3 is 5.97 Å². The van der Waals surface area contributed by atoms with E-state index in [0.717, 1.165) is 46.4 Å². The van der Waals surface area contributed by atoms with Crippen LogP contribution in [0.25, 0.3) is 33.8 Å². The highest BCUT2D eigenvalue weighted by Gasteiger charge is 2.32. The number of hydrogen-bond donors (Lipinski definition) is 2. The summed E-state index contributed by atoms with van der Waals surface area (Å²) in [5.41, 5.74) is 5.04. The van der Waals surface area contributed by atoms with E-state index >= 15 is 0 Å². The number of hydrogen-bond acceptors (Lipinski definition) is 7. The molecule has 0 unspecified atom stereocenters. The average Bonchev–Trinajstić information content (AvgIpc) is 3.50. The number of methoxy groups -OCH3 is 1. The number of amides is 1. The maximum atomic E-state index is 13.1. The number of aliphatic carboxylic acids is 1. The smallest absolute Gasteiger partial charge is 0.326 e. The highest BCUT2D eigenvalue weighted by Crippen LogP contribution is 2.34. The van der Waals surface area contributed by atoms with Crippen molar-refractivity contribution in [1.82, 2.24) is 30.5 Å². The number of carboxylic acid groups (broad SMARTS) is 1. The van der Waals surface area contributed by atoms with Crippen molar-refractivity contribution in [2.24, 2.45) is 5.92 Å². The third kappa shape index (κ3) is 6.51. The molecular weight excluding hydrogens is 508 g/mol. The largest absolute Gasteiger partial charge is 0.481 e. The fraction of sp³-hybridized carbons (Fsp3) is 0.333. The first-order valence-electron chi connectivity index (χ1n) is 13.3. The van der Waals surface area contributed by atoms with E-state index in [1.807, 2.05) is 75.4 Å². The van der Waals surface area contributed by atoms with E-state index < -0.39 is 12.0 Å². The van der Waals surface area contributed by atoms with E-state index in [0.29, 0.717) is 18.1 Å². The molecule has 0 saturated heterocycles. The number of pyridine rings is 1. The second kappa shape index (κ2) is 13.0. The standard InChI is InChI=1S/C30H34N6O4/c1-5-6-10-27(37)36(28(19(2)3)30(38)39)18-20-11-13-21(14-12-20)24-17-22(25-8-7-9-26(31-25)40-4)15-16-23(24)29-32-34-35-33-29/h7-9,11-17,19,28H,5-6,10,18H2,1-4H3,(H,38,39)(H,32,33,34,35)/t28-/m0/s1. The number of carbonyl (C=O) groups excluding carboxylic acids is 1. The number of unbranched alkanes of at least 4 members (excludes halogenated alkanes) is 1. The number of carboxylic acids is 1. The molecule has 1 atom stereocenters. The van der Waals surface area contributed by atoms with Crippen LogP contribution in [-0.4, -0.2) is 60.6 Å². The van der Waals surface area contributed by atoms with Crippen LogP contribution in [0.1, 0.15) is 45.6 Å². The molecular formula is C30H34N6O4. The van der Waals surface area contributed by atoms with Gasteiger partial charge in [0.2, 0.25) is 17.6 Å². The van der Waals surface area contributed by atoms with E-state index in [2.05, 4.69) is 25.6 Å². The number of H-pyrrole nitrogens is 1. The van der Waals surface area contributed by atoms with Crippen molar-refractivity contribution in [1.29, 1.82) is 0 Å². The molecule has 4 aromatic rings. The highest BCUT2D eigenvalue weighted by molar-refractivity contribution is 5.85. The first kappa shape index (κ1) is 28.4. The predicted octanol–water partition coefficient (Wildman–Crippen LogP) is 5.23. The molecule has 0 spiro atoms. The van der Waals surface area contributed by atoms with Crippen LogP contribution >= 0.6 is 0 Å². The minimum atomic E-state index is -0.996. The van der Waals surface area contributed by atoms with Gasteiger partial charge in [-0.1, -0.05) is 63.6 Å². The van der Waals surface area contributed by atoms with Gasteiger partial charge in [-0.15, -0.1) is 10.2 Å². The van der Waals surface area contributed by atoms with Gasteiger partial charge in [0.05, 0.1) is 12.8 Å². The molecule has 0 aliphatic carbocycles. The van der Waals surface area contributed by atoms with Crippen LogP contribution in [-0.2, 0) is 16.1 Å². The first-order chi connectivity index (χ1) is 19.3. The molecule has 2 aromatic heterocycles. The minimum absolute atomic E-state index is 0.148. The zero-order valence-electron chi connectivity index (χ0n) is 23.2. The molecule has 0 aliphatic rings. The van der Waals surface area contributed by atoms with Crippen molar-refractivity contribution in [2.75, 3.05) is 7.11 Å². The summed E-state index contributed by atoms with van der Waals surface area (Å²) in [6.07, 6.45) is 1.90. The van der Waals surface area contributed by atoms with Crippen LogP contribution in [0, 0.1) is 5.92 Å². The topological polar surface area (TPSA) is 134 Å². The summed E-state index contributed by atoms with van der Waals surface area (Å²) in [6.45, 7) is 5.87. The lowest BCUT2D eigenvalue weighted by Crippen LogP contribution is -2.47. The second-order valence-corrected chi connectivity index (χ2v) is 9.91. The Morgan fingerprint density at radius 2 is 1.77 bits per heavy atom. The van der Waals surface area contributed by atoms with Crippen molar-refractivity contribution in [2.45, 2.75) is 52.6 Å². The quantitative estimate of drug-likeness (QED) is 0.248. The lowest BCUT2D eigenvalue weighted by molar-refractivity contribution is -0.153. The van der Waals surface area contributed by atoms with E-state index in [1.54, 1.807) is 13.2 Å². The van der Waals surface area contributed by atoms with Gasteiger partial charge in [-0.25, -0.2) is 9.78 Å². The van der Waals surface area contributed by atoms with Gasteiger partial charge in [0, 0.05) is 30.2 Å². The number of aromatic nitrogens is 5. The van der Waals surface area contributed by atoms with Gasteiger partial charge in [-0.2, -0.15) is 5.21 Å². The third-order valence-corrected chi connectivity index (χ3v) is 6.74. The van der Waals surface area contributed by atoms with E-state index in [9.17, 15) is 14.7 Å². The molecule has 10 nitrogen and oxygen atoms in total. The minimum Gasteiger partial charge on any atom is -0.481 e. The monoisotopic (exact) mass is 542 g/mol. The summed E-state index contributed by atoms with van der Waals surface area (Å²) in [7, 11) is 1.58. The molecule has 1 amide bonds. The Hall–Kier alpha value is -4.60. The lowest BCUT2D eigenvalue weighted by Gasteiger charge is -2.32. The third-order valence-electron chi connectivity index (χ3n) is 6.74. The van der Waals surface area contributed by atoms with Crippen molar-refractivity contribution in [3.63, 3.8) is 0 Å². The van der Waals surface area contributed by atoms with Crippen LogP contribution in [0.2, 0.25) is 0 Å².